The van der Waals surface area contributed by atoms with Crippen molar-refractivity contribution in [1.29, 1.82) is 0 Å². The molecule has 1 rings (SSSR count). The molecular formula is C10H19N5O2. The standard InChI is InChI=1S/C10H19N5O2/c1-6(2)17-10-13-8(11)12-9(14-10)15(4)5-7(3)16/h6-7,16H,5H2,1-4H3,(H2,11,12,13,14). The first-order valence-electron chi connectivity index (χ1n) is 5.46. The van der Waals surface area contributed by atoms with Gasteiger partial charge in [-0.15, -0.1) is 0 Å². The molecule has 1 aromatic heterocycles. The summed E-state index contributed by atoms with van der Waals surface area (Å²) in [6.45, 7) is 5.84. The summed E-state index contributed by atoms with van der Waals surface area (Å²) in [5, 5.41) is 9.29. The lowest BCUT2D eigenvalue weighted by Gasteiger charge is -2.19. The van der Waals surface area contributed by atoms with E-state index in [0.29, 0.717) is 12.5 Å². The molecule has 0 aliphatic carbocycles. The monoisotopic (exact) mass is 241 g/mol. The van der Waals surface area contributed by atoms with Crippen LogP contribution in [0.1, 0.15) is 20.8 Å². The van der Waals surface area contributed by atoms with Crippen LogP contribution < -0.4 is 15.4 Å². The van der Waals surface area contributed by atoms with Gasteiger partial charge in [0, 0.05) is 13.6 Å². The molecule has 0 aromatic carbocycles. The minimum absolute atomic E-state index is 0.0354. The van der Waals surface area contributed by atoms with E-state index in [2.05, 4.69) is 15.0 Å². The molecule has 0 saturated heterocycles. The molecule has 7 nitrogen and oxygen atoms in total. The van der Waals surface area contributed by atoms with Crippen LogP contribution in [0.25, 0.3) is 0 Å². The Morgan fingerprint density at radius 3 is 2.47 bits per heavy atom. The van der Waals surface area contributed by atoms with Gasteiger partial charge in [-0.2, -0.15) is 15.0 Å². The van der Waals surface area contributed by atoms with Crippen molar-refractivity contribution in [3.63, 3.8) is 0 Å². The smallest absolute Gasteiger partial charge is 0.323 e. The van der Waals surface area contributed by atoms with E-state index in [1.165, 1.54) is 0 Å². The van der Waals surface area contributed by atoms with Gasteiger partial charge in [0.05, 0.1) is 12.2 Å². The number of nitrogen functional groups attached to an aromatic ring is 1. The third-order valence-corrected chi connectivity index (χ3v) is 1.84. The van der Waals surface area contributed by atoms with Gasteiger partial charge in [-0.3, -0.25) is 0 Å². The maximum Gasteiger partial charge on any atom is 0.323 e. The maximum atomic E-state index is 9.29. The van der Waals surface area contributed by atoms with Crippen LogP contribution in [0.2, 0.25) is 0 Å². The second-order valence-corrected chi connectivity index (χ2v) is 4.17. The summed E-state index contributed by atoms with van der Waals surface area (Å²) in [6.07, 6.45) is -0.515. The van der Waals surface area contributed by atoms with E-state index in [9.17, 15) is 5.11 Å². The molecule has 0 fully saturated rings. The Morgan fingerprint density at radius 2 is 1.94 bits per heavy atom. The Hall–Kier alpha value is -1.63. The van der Waals surface area contributed by atoms with Crippen LogP contribution in [-0.4, -0.2) is 45.9 Å². The van der Waals surface area contributed by atoms with E-state index in [0.717, 1.165) is 0 Å². The topological polar surface area (TPSA) is 97.4 Å². The molecule has 0 saturated carbocycles. The SMILES string of the molecule is CC(O)CN(C)c1nc(N)nc(OC(C)C)n1. The lowest BCUT2D eigenvalue weighted by molar-refractivity contribution is 0.200. The molecule has 1 atom stereocenters. The Kier molecular flexibility index (Phi) is 4.45. The Bertz CT molecular complexity index is 370. The van der Waals surface area contributed by atoms with Gasteiger partial charge in [-0.05, 0) is 20.8 Å². The number of nitrogens with two attached hydrogens (primary N) is 1. The van der Waals surface area contributed by atoms with Gasteiger partial charge in [0.1, 0.15) is 0 Å². The first kappa shape index (κ1) is 13.4. The van der Waals surface area contributed by atoms with Crippen molar-refractivity contribution in [1.82, 2.24) is 15.0 Å². The molecular weight excluding hydrogens is 222 g/mol. The van der Waals surface area contributed by atoms with E-state index in [-0.39, 0.29) is 18.1 Å². The van der Waals surface area contributed by atoms with Crippen molar-refractivity contribution >= 4 is 11.9 Å². The van der Waals surface area contributed by atoms with Crippen LogP contribution >= 0.6 is 0 Å². The van der Waals surface area contributed by atoms with Gasteiger partial charge >= 0.3 is 6.01 Å². The largest absolute Gasteiger partial charge is 0.461 e. The summed E-state index contributed by atoms with van der Waals surface area (Å²) in [6, 6.07) is 0.194. The quantitative estimate of drug-likeness (QED) is 0.752. The van der Waals surface area contributed by atoms with Gasteiger partial charge in [0.15, 0.2) is 0 Å². The van der Waals surface area contributed by atoms with E-state index in [4.69, 9.17) is 10.5 Å². The summed E-state index contributed by atoms with van der Waals surface area (Å²) in [4.78, 5) is 13.7. The van der Waals surface area contributed by atoms with Crippen molar-refractivity contribution in [2.24, 2.45) is 0 Å². The van der Waals surface area contributed by atoms with Gasteiger partial charge in [0.2, 0.25) is 11.9 Å². The van der Waals surface area contributed by atoms with Gasteiger partial charge in [-0.1, -0.05) is 0 Å². The zero-order valence-electron chi connectivity index (χ0n) is 10.6. The number of aliphatic hydroxyl groups is 1. The van der Waals surface area contributed by atoms with E-state index in [1.807, 2.05) is 13.8 Å². The molecule has 17 heavy (non-hydrogen) atoms. The number of nitrogens with zero attached hydrogens (tertiary/aromatic N) is 4. The highest BCUT2D eigenvalue weighted by Gasteiger charge is 2.12. The molecule has 1 heterocycles. The zero-order valence-corrected chi connectivity index (χ0v) is 10.6. The molecule has 0 aliphatic rings. The molecule has 1 unspecified atom stereocenters. The highest BCUT2D eigenvalue weighted by molar-refractivity contribution is 5.35. The molecule has 0 bridgehead atoms. The summed E-state index contributed by atoms with van der Waals surface area (Å²) in [5.74, 6) is 0.483. The Balaban J connectivity index is 2.88. The minimum Gasteiger partial charge on any atom is -0.461 e. The summed E-state index contributed by atoms with van der Waals surface area (Å²) < 4.78 is 5.36. The van der Waals surface area contributed by atoms with Crippen LogP contribution in [0.3, 0.4) is 0 Å². The Labute approximate surface area is 101 Å². The number of hydrogen-bond acceptors (Lipinski definition) is 7. The number of aliphatic hydroxyl groups excluding tert-OH is 1. The van der Waals surface area contributed by atoms with Gasteiger partial charge < -0.3 is 20.5 Å². The van der Waals surface area contributed by atoms with Crippen molar-refractivity contribution < 1.29 is 9.84 Å². The van der Waals surface area contributed by atoms with E-state index < -0.39 is 6.10 Å². The van der Waals surface area contributed by atoms with Crippen molar-refractivity contribution in [2.45, 2.75) is 33.0 Å². The second-order valence-electron chi connectivity index (χ2n) is 4.17. The lowest BCUT2D eigenvalue weighted by atomic mass is 10.4. The van der Waals surface area contributed by atoms with Crippen LogP contribution in [0.5, 0.6) is 6.01 Å². The third-order valence-electron chi connectivity index (χ3n) is 1.84. The summed E-state index contributed by atoms with van der Waals surface area (Å²) in [7, 11) is 1.76. The highest BCUT2D eigenvalue weighted by Crippen LogP contribution is 2.13. The minimum atomic E-state index is -0.479. The fourth-order valence-electron chi connectivity index (χ4n) is 1.27. The van der Waals surface area contributed by atoms with Crippen LogP contribution in [0.15, 0.2) is 0 Å². The molecule has 7 heteroatoms. The van der Waals surface area contributed by atoms with Crippen LogP contribution in [0, 0.1) is 0 Å². The maximum absolute atomic E-state index is 9.29. The number of likely N-dealkylation sites (N-methyl/N-ethyl adjacent to an activating group) is 1. The first-order chi connectivity index (χ1) is 7.88. The number of rotatable bonds is 5. The lowest BCUT2D eigenvalue weighted by Crippen LogP contribution is -2.29. The number of anilines is 2. The number of hydrogen-bond donors (Lipinski definition) is 2. The molecule has 3 N–H and O–H groups in total. The van der Waals surface area contributed by atoms with Crippen molar-refractivity contribution in [2.75, 3.05) is 24.2 Å². The molecule has 0 aliphatic heterocycles. The summed E-state index contributed by atoms with van der Waals surface area (Å²) >= 11 is 0. The third kappa shape index (κ3) is 4.39. The Morgan fingerprint density at radius 1 is 1.29 bits per heavy atom. The molecule has 96 valence electrons. The van der Waals surface area contributed by atoms with Gasteiger partial charge in [0.25, 0.3) is 0 Å². The van der Waals surface area contributed by atoms with Crippen LogP contribution in [-0.2, 0) is 0 Å². The molecule has 0 spiro atoms. The van der Waals surface area contributed by atoms with Crippen molar-refractivity contribution in [3.05, 3.63) is 0 Å². The highest BCUT2D eigenvalue weighted by atomic mass is 16.5. The molecule has 1 aromatic rings. The van der Waals surface area contributed by atoms with Crippen molar-refractivity contribution in [3.8, 4) is 6.01 Å². The average molecular weight is 241 g/mol. The fraction of sp³-hybridized carbons (Fsp3) is 0.700. The molecule has 0 radical (unpaired) electrons. The number of aromatic nitrogens is 3. The predicted molar refractivity (Wildman–Crippen MR) is 65.0 cm³/mol. The number of ether oxygens (including phenoxy) is 1. The second kappa shape index (κ2) is 5.62. The summed E-state index contributed by atoms with van der Waals surface area (Å²) in [5.41, 5.74) is 5.57. The predicted octanol–water partition coefficient (Wildman–Crippen LogP) is 0.0580. The fourth-order valence-corrected chi connectivity index (χ4v) is 1.27. The normalized spacial score (nSPS) is 12.6. The van der Waals surface area contributed by atoms with E-state index >= 15 is 0 Å². The van der Waals surface area contributed by atoms with Gasteiger partial charge in [-0.25, -0.2) is 0 Å². The molecule has 0 amide bonds. The van der Waals surface area contributed by atoms with E-state index in [1.54, 1.807) is 18.9 Å². The average Bonchev–Trinajstić information content (AvgIpc) is 2.14. The zero-order chi connectivity index (χ0) is 13.0. The first-order valence-corrected chi connectivity index (χ1v) is 5.46. The van der Waals surface area contributed by atoms with Crippen LogP contribution in [0.4, 0.5) is 11.9 Å².